The summed E-state index contributed by atoms with van der Waals surface area (Å²) in [7, 11) is 0. The highest BCUT2D eigenvalue weighted by Crippen LogP contribution is 2.36. The van der Waals surface area contributed by atoms with Gasteiger partial charge in [-0.2, -0.15) is 0 Å². The highest BCUT2D eigenvalue weighted by molar-refractivity contribution is 5.33. The third kappa shape index (κ3) is 13.4. The van der Waals surface area contributed by atoms with Gasteiger partial charge in [0.2, 0.25) is 0 Å². The van der Waals surface area contributed by atoms with Crippen LogP contribution >= 0.6 is 0 Å². The first-order valence-electron chi connectivity index (χ1n) is 23.1. The van der Waals surface area contributed by atoms with E-state index in [4.69, 9.17) is 47.4 Å². The van der Waals surface area contributed by atoms with E-state index in [0.717, 1.165) is 0 Å². The number of nitrogens with one attached hydrogen (secondary N) is 1. The molecular formula is C41H68N2O30. The summed E-state index contributed by atoms with van der Waals surface area (Å²) >= 11 is 0. The third-order valence-corrected chi connectivity index (χ3v) is 13.0. The SMILES string of the molecule is OC[C@@H](O)[C@@H](O[C@@H]1O[C@H](CO)[C@H](O)[C@H](O[C@@H]2O[C@H](CO)[C@H](O)[C@H](O[C@@H]3O[C@H](CO)[C@H](O)[C@H](O[C@@H]4O[C@H](CO)[C@H](O)[C@H](O[C@@H]5O[C@H](CO)[C@H](O)[C@H](O)[C@H]5O)[C@H]4O)[C@H]3O)[C@H]2O)[C@H]1O)[C@H](O)[C@@H](O)CNc1ccccn1. The maximum atomic E-state index is 11.6. The summed E-state index contributed by atoms with van der Waals surface area (Å²) in [5.41, 5.74) is 0. The Bertz CT molecular complexity index is 1770. The van der Waals surface area contributed by atoms with Crippen LogP contribution in [0.5, 0.6) is 0 Å². The maximum Gasteiger partial charge on any atom is 0.187 e. The molecule has 0 amide bonds. The van der Waals surface area contributed by atoms with Gasteiger partial charge in [-0.05, 0) is 12.1 Å². The van der Waals surface area contributed by atoms with Gasteiger partial charge in [0, 0.05) is 12.7 Å². The summed E-state index contributed by atoms with van der Waals surface area (Å²) in [6.45, 7) is -6.43. The van der Waals surface area contributed by atoms with Crippen molar-refractivity contribution in [2.75, 3.05) is 51.5 Å². The van der Waals surface area contributed by atoms with Crippen LogP contribution in [-0.4, -0.2) is 331 Å². The van der Waals surface area contributed by atoms with Crippen LogP contribution in [0.3, 0.4) is 0 Å². The van der Waals surface area contributed by atoms with E-state index in [1.807, 2.05) is 0 Å². The Morgan fingerprint density at radius 2 is 0.795 bits per heavy atom. The van der Waals surface area contributed by atoms with Gasteiger partial charge < -0.3 is 155 Å². The van der Waals surface area contributed by atoms with Gasteiger partial charge in [0.05, 0.1) is 45.7 Å². The number of pyridine rings is 1. The van der Waals surface area contributed by atoms with Gasteiger partial charge in [-0.1, -0.05) is 6.07 Å². The normalized spacial score (nSPS) is 45.3. The van der Waals surface area contributed by atoms with Gasteiger partial charge in [0.15, 0.2) is 31.5 Å². The van der Waals surface area contributed by atoms with Gasteiger partial charge in [-0.25, -0.2) is 4.98 Å². The summed E-state index contributed by atoms with van der Waals surface area (Å²) in [6, 6.07) is 4.79. The number of hydrogen-bond donors (Lipinski definition) is 21. The van der Waals surface area contributed by atoms with Crippen molar-refractivity contribution < 1.29 is 149 Å². The lowest BCUT2D eigenvalue weighted by atomic mass is 9.95. The fourth-order valence-corrected chi connectivity index (χ4v) is 8.78. The molecule has 1 aromatic rings. The lowest BCUT2D eigenvalue weighted by Gasteiger charge is -2.50. The van der Waals surface area contributed by atoms with Crippen molar-refractivity contribution >= 4 is 5.82 Å². The predicted octanol–water partition coefficient (Wildman–Crippen LogP) is -12.9. The molecule has 0 saturated carbocycles. The fourth-order valence-electron chi connectivity index (χ4n) is 8.78. The summed E-state index contributed by atoms with van der Waals surface area (Å²) in [5, 5.41) is 217. The molecule has 0 radical (unpaired) electrons. The zero-order chi connectivity index (χ0) is 53.6. The highest BCUT2D eigenvalue weighted by Gasteiger charge is 2.57. The van der Waals surface area contributed by atoms with Crippen LogP contribution in [0.4, 0.5) is 5.82 Å². The summed E-state index contributed by atoms with van der Waals surface area (Å²) in [6.07, 6.45) is -56.0. The van der Waals surface area contributed by atoms with E-state index in [1.54, 1.807) is 18.2 Å². The number of aliphatic hydroxyl groups excluding tert-OH is 20. The molecule has 0 unspecified atom stereocenters. The average molecular weight is 1070 g/mol. The van der Waals surface area contributed by atoms with E-state index in [-0.39, 0.29) is 12.4 Å². The zero-order valence-corrected chi connectivity index (χ0v) is 38.5. The second kappa shape index (κ2) is 26.9. The van der Waals surface area contributed by atoms with Crippen LogP contribution in [0.1, 0.15) is 0 Å². The molecule has 6 rings (SSSR count). The Kier molecular flexibility index (Phi) is 22.1. The number of hydrogen-bond acceptors (Lipinski definition) is 32. The highest BCUT2D eigenvalue weighted by atomic mass is 16.8. The second-order valence-corrected chi connectivity index (χ2v) is 17.9. The average Bonchev–Trinajstić information content (AvgIpc) is 3.39. The quantitative estimate of drug-likeness (QED) is 0.0513. The van der Waals surface area contributed by atoms with Crippen LogP contribution < -0.4 is 5.32 Å². The van der Waals surface area contributed by atoms with Crippen LogP contribution in [0.15, 0.2) is 24.4 Å². The van der Waals surface area contributed by atoms with E-state index < -0.39 is 218 Å². The molecular weight excluding hydrogens is 1000 g/mol. The van der Waals surface area contributed by atoms with E-state index in [9.17, 15) is 102 Å². The Labute approximate surface area is 413 Å². The lowest BCUT2D eigenvalue weighted by Crippen LogP contribution is -2.68. The first-order chi connectivity index (χ1) is 34.7. The molecule has 0 bridgehead atoms. The number of aliphatic hydroxyl groups is 20. The third-order valence-electron chi connectivity index (χ3n) is 13.0. The number of ether oxygens (including phenoxy) is 10. The summed E-state index contributed by atoms with van der Waals surface area (Å²) in [5.74, 6) is 0.288. The Morgan fingerprint density at radius 1 is 0.438 bits per heavy atom. The van der Waals surface area contributed by atoms with Gasteiger partial charge in [-0.3, -0.25) is 0 Å². The topological polar surface area (TPSA) is 522 Å². The standard InChI is InChI=1S/C41H68N2O30/c44-6-13(51)32(20(52)12(50)5-43-19-3-1-2-4-42-19)69-38-28(60)34(23(55)15(8-46)65-38)71-40-30(62)36(25(57)17(10-48)67-40)73-41-31(63)35(24(56)18(11-49)68-41)72-39-29(61)33(22(54)16(9-47)66-39)70-37-27(59)26(58)21(53)14(7-45)64-37/h1-4,12-18,20-41,44-63H,5-11H2,(H,42,43)/t12-,13+,14+,15+,16+,17+,18+,20+,21-,22-,23-,24-,25-,26-,27+,28+,29+,30+,31+,32+,33-,34-,35-,36-,37-,38-,39-,40-,41-/m0/s1. The van der Waals surface area contributed by atoms with Crippen molar-refractivity contribution in [1.29, 1.82) is 0 Å². The van der Waals surface area contributed by atoms with E-state index in [0.29, 0.717) is 0 Å². The molecule has 6 heterocycles. The van der Waals surface area contributed by atoms with Gasteiger partial charge in [0.25, 0.3) is 0 Å². The molecule has 73 heavy (non-hydrogen) atoms. The van der Waals surface area contributed by atoms with E-state index in [1.165, 1.54) is 6.20 Å². The van der Waals surface area contributed by atoms with Crippen LogP contribution in [0, 0.1) is 0 Å². The molecule has 32 nitrogen and oxygen atoms in total. The van der Waals surface area contributed by atoms with Crippen LogP contribution in [0.2, 0.25) is 0 Å². The van der Waals surface area contributed by atoms with Crippen molar-refractivity contribution in [2.24, 2.45) is 0 Å². The van der Waals surface area contributed by atoms with Crippen molar-refractivity contribution in [2.45, 2.75) is 178 Å². The number of rotatable bonds is 22. The fraction of sp³-hybridized carbons (Fsp3) is 0.878. The van der Waals surface area contributed by atoms with Gasteiger partial charge in [0.1, 0.15) is 146 Å². The monoisotopic (exact) mass is 1070 g/mol. The Balaban J connectivity index is 1.17. The predicted molar refractivity (Wildman–Crippen MR) is 227 cm³/mol. The number of nitrogens with zero attached hydrogens (tertiary/aromatic N) is 1. The smallest absolute Gasteiger partial charge is 0.187 e. The molecule has 0 aliphatic carbocycles. The molecule has 0 aromatic carbocycles. The molecule has 29 atom stereocenters. The Hall–Kier alpha value is -2.25. The molecule has 32 heteroatoms. The number of aromatic nitrogens is 1. The summed E-state index contributed by atoms with van der Waals surface area (Å²) in [4.78, 5) is 4.02. The molecule has 422 valence electrons. The Morgan fingerprint density at radius 3 is 1.15 bits per heavy atom. The molecule has 0 spiro atoms. The maximum absolute atomic E-state index is 11.6. The largest absolute Gasteiger partial charge is 0.394 e. The minimum Gasteiger partial charge on any atom is -0.394 e. The van der Waals surface area contributed by atoms with Gasteiger partial charge in [-0.15, -0.1) is 0 Å². The van der Waals surface area contributed by atoms with Crippen molar-refractivity contribution in [3.05, 3.63) is 24.4 Å². The van der Waals surface area contributed by atoms with E-state index >= 15 is 0 Å². The van der Waals surface area contributed by atoms with E-state index in [2.05, 4.69) is 10.3 Å². The van der Waals surface area contributed by atoms with Crippen LogP contribution in [-0.2, 0) is 47.4 Å². The minimum absolute atomic E-state index is 0.288. The first kappa shape index (κ1) is 60.0. The first-order valence-corrected chi connectivity index (χ1v) is 23.1. The lowest BCUT2D eigenvalue weighted by molar-refractivity contribution is -0.396. The molecule has 5 saturated heterocycles. The van der Waals surface area contributed by atoms with Gasteiger partial charge >= 0.3 is 0 Å². The second-order valence-electron chi connectivity index (χ2n) is 17.9. The molecule has 5 aliphatic heterocycles. The summed E-state index contributed by atoms with van der Waals surface area (Å²) < 4.78 is 55.9. The van der Waals surface area contributed by atoms with Crippen molar-refractivity contribution in [3.8, 4) is 0 Å². The molecule has 1 aromatic heterocycles. The zero-order valence-electron chi connectivity index (χ0n) is 38.5. The minimum atomic E-state index is -2.27. The molecule has 5 fully saturated rings. The molecule has 21 N–H and O–H groups in total. The number of anilines is 1. The van der Waals surface area contributed by atoms with Crippen molar-refractivity contribution in [3.63, 3.8) is 0 Å². The molecule has 5 aliphatic rings. The van der Waals surface area contributed by atoms with Crippen LogP contribution in [0.25, 0.3) is 0 Å². The van der Waals surface area contributed by atoms with Crippen molar-refractivity contribution in [1.82, 2.24) is 4.98 Å².